The Morgan fingerprint density at radius 3 is 2.82 bits per heavy atom. The van der Waals surface area contributed by atoms with E-state index in [1.54, 1.807) is 6.20 Å². The van der Waals surface area contributed by atoms with Crippen LogP contribution in [0.2, 0.25) is 0 Å². The minimum atomic E-state index is 0.703. The topological polar surface area (TPSA) is 54.2 Å². The summed E-state index contributed by atoms with van der Waals surface area (Å²) in [6.45, 7) is 7.76. The van der Waals surface area contributed by atoms with Crippen molar-refractivity contribution in [3.05, 3.63) is 24.0 Å². The third-order valence-corrected chi connectivity index (χ3v) is 4.09. The molecule has 1 fully saturated rings. The summed E-state index contributed by atoms with van der Waals surface area (Å²) < 4.78 is 0. The molecule has 3 N–H and O–H groups in total. The molecule has 1 aliphatic rings. The Hall–Kier alpha value is -0.780. The van der Waals surface area contributed by atoms with Crippen molar-refractivity contribution in [3.63, 3.8) is 0 Å². The van der Waals surface area contributed by atoms with Crippen LogP contribution in [0.4, 0.5) is 5.69 Å². The van der Waals surface area contributed by atoms with Gasteiger partial charge in [0.05, 0.1) is 11.4 Å². The van der Waals surface area contributed by atoms with E-state index in [2.05, 4.69) is 40.9 Å². The van der Waals surface area contributed by atoms with Crippen molar-refractivity contribution >= 4 is 17.4 Å². The molecule has 5 heteroatoms. The van der Waals surface area contributed by atoms with E-state index in [0.717, 1.165) is 31.0 Å². The predicted molar refractivity (Wildman–Crippen MR) is 73.8 cm³/mol. The fourth-order valence-corrected chi connectivity index (χ4v) is 3.68. The van der Waals surface area contributed by atoms with Crippen LogP contribution in [0.15, 0.2) is 18.3 Å². The van der Waals surface area contributed by atoms with Gasteiger partial charge in [0.2, 0.25) is 0 Å². The highest BCUT2D eigenvalue weighted by molar-refractivity contribution is 8.00. The van der Waals surface area contributed by atoms with Crippen molar-refractivity contribution in [2.45, 2.75) is 30.9 Å². The Labute approximate surface area is 107 Å². The number of aromatic nitrogens is 1. The second kappa shape index (κ2) is 5.71. The highest BCUT2D eigenvalue weighted by atomic mass is 32.2. The van der Waals surface area contributed by atoms with Crippen LogP contribution in [0.25, 0.3) is 0 Å². The third kappa shape index (κ3) is 3.59. The lowest BCUT2D eigenvalue weighted by Crippen LogP contribution is -2.39. The first-order chi connectivity index (χ1) is 8.17. The summed E-state index contributed by atoms with van der Waals surface area (Å²) in [4.78, 5) is 6.85. The van der Waals surface area contributed by atoms with Gasteiger partial charge in [0.15, 0.2) is 0 Å². The monoisotopic (exact) mass is 252 g/mol. The summed E-state index contributed by atoms with van der Waals surface area (Å²) >= 11 is 2.07. The van der Waals surface area contributed by atoms with Gasteiger partial charge in [0, 0.05) is 36.3 Å². The Balaban J connectivity index is 1.99. The molecule has 94 valence electrons. The molecule has 4 nitrogen and oxygen atoms in total. The summed E-state index contributed by atoms with van der Waals surface area (Å²) in [5.74, 6) is 5.40. The second-order valence-electron chi connectivity index (χ2n) is 4.63. The highest BCUT2D eigenvalue weighted by Crippen LogP contribution is 2.25. The average Bonchev–Trinajstić information content (AvgIpc) is 2.28. The van der Waals surface area contributed by atoms with Gasteiger partial charge in [0.25, 0.3) is 0 Å². The quantitative estimate of drug-likeness (QED) is 0.633. The van der Waals surface area contributed by atoms with Gasteiger partial charge in [-0.15, -0.1) is 0 Å². The van der Waals surface area contributed by atoms with Crippen LogP contribution in [-0.4, -0.2) is 33.5 Å². The molecule has 0 aliphatic carbocycles. The van der Waals surface area contributed by atoms with Crippen molar-refractivity contribution < 1.29 is 0 Å². The van der Waals surface area contributed by atoms with E-state index in [1.165, 1.54) is 0 Å². The highest BCUT2D eigenvalue weighted by Gasteiger charge is 2.22. The summed E-state index contributed by atoms with van der Waals surface area (Å²) in [7, 11) is 0. The summed E-state index contributed by atoms with van der Waals surface area (Å²) in [6, 6.07) is 3.89. The standard InChI is InChI=1S/C12H20N4S/c1-9-6-16(7-10(2)17-9)8-12-5-11(15-13)3-4-14-12/h3-5,9-10H,6-8,13H2,1-2H3,(H,14,15). The van der Waals surface area contributed by atoms with Crippen LogP contribution in [-0.2, 0) is 6.54 Å². The second-order valence-corrected chi connectivity index (χ2v) is 6.51. The van der Waals surface area contributed by atoms with Crippen LogP contribution < -0.4 is 11.3 Å². The first-order valence-electron chi connectivity index (χ1n) is 5.96. The first-order valence-corrected chi connectivity index (χ1v) is 6.91. The molecule has 0 amide bonds. The molecule has 2 unspecified atom stereocenters. The Morgan fingerprint density at radius 2 is 2.18 bits per heavy atom. The Bertz CT molecular complexity index is 361. The van der Waals surface area contributed by atoms with E-state index >= 15 is 0 Å². The zero-order chi connectivity index (χ0) is 12.3. The molecule has 2 heterocycles. The van der Waals surface area contributed by atoms with Crippen LogP contribution >= 0.6 is 11.8 Å². The number of pyridine rings is 1. The van der Waals surface area contributed by atoms with E-state index in [1.807, 2.05) is 12.1 Å². The number of hydrogen-bond acceptors (Lipinski definition) is 5. The number of nitrogens with zero attached hydrogens (tertiary/aromatic N) is 2. The average molecular weight is 252 g/mol. The lowest BCUT2D eigenvalue weighted by atomic mass is 10.2. The van der Waals surface area contributed by atoms with Crippen LogP contribution in [0.1, 0.15) is 19.5 Å². The molecule has 1 aromatic heterocycles. The van der Waals surface area contributed by atoms with Crippen LogP contribution in [0.3, 0.4) is 0 Å². The molecule has 0 aromatic carbocycles. The number of thioether (sulfide) groups is 1. The number of nitrogens with two attached hydrogens (primary N) is 1. The first kappa shape index (κ1) is 12.7. The zero-order valence-corrected chi connectivity index (χ0v) is 11.2. The van der Waals surface area contributed by atoms with Gasteiger partial charge in [0.1, 0.15) is 0 Å². The normalized spacial score (nSPS) is 25.8. The van der Waals surface area contributed by atoms with E-state index < -0.39 is 0 Å². The van der Waals surface area contributed by atoms with Crippen LogP contribution in [0.5, 0.6) is 0 Å². The fraction of sp³-hybridized carbons (Fsp3) is 0.583. The molecular formula is C12H20N4S. The van der Waals surface area contributed by atoms with Gasteiger partial charge in [-0.05, 0) is 12.1 Å². The lowest BCUT2D eigenvalue weighted by molar-refractivity contribution is 0.260. The number of hydrogen-bond donors (Lipinski definition) is 2. The minimum absolute atomic E-state index is 0.703. The van der Waals surface area contributed by atoms with Gasteiger partial charge in [-0.1, -0.05) is 13.8 Å². The third-order valence-electron chi connectivity index (χ3n) is 2.86. The molecule has 1 aliphatic heterocycles. The molecule has 17 heavy (non-hydrogen) atoms. The van der Waals surface area contributed by atoms with E-state index in [9.17, 15) is 0 Å². The van der Waals surface area contributed by atoms with Crippen molar-refractivity contribution in [2.24, 2.45) is 5.84 Å². The van der Waals surface area contributed by atoms with Gasteiger partial charge in [-0.2, -0.15) is 11.8 Å². The molecule has 1 aromatic rings. The van der Waals surface area contributed by atoms with Crippen molar-refractivity contribution in [3.8, 4) is 0 Å². The molecule has 0 bridgehead atoms. The number of hydrazine groups is 1. The zero-order valence-electron chi connectivity index (χ0n) is 10.4. The molecule has 2 rings (SSSR count). The molecule has 1 saturated heterocycles. The van der Waals surface area contributed by atoms with Gasteiger partial charge in [-0.3, -0.25) is 15.7 Å². The number of anilines is 1. The largest absolute Gasteiger partial charge is 0.324 e. The Morgan fingerprint density at radius 1 is 1.47 bits per heavy atom. The number of rotatable bonds is 3. The SMILES string of the molecule is CC1CN(Cc2cc(NN)ccn2)CC(C)S1. The summed E-state index contributed by atoms with van der Waals surface area (Å²) in [5.41, 5.74) is 4.65. The maximum atomic E-state index is 5.40. The van der Waals surface area contributed by atoms with Crippen molar-refractivity contribution in [1.29, 1.82) is 0 Å². The number of nitrogen functional groups attached to an aromatic ring is 1. The van der Waals surface area contributed by atoms with Crippen molar-refractivity contribution in [2.75, 3.05) is 18.5 Å². The van der Waals surface area contributed by atoms with Gasteiger partial charge in [-0.25, -0.2) is 0 Å². The Kier molecular flexibility index (Phi) is 4.25. The number of nitrogens with one attached hydrogen (secondary N) is 1. The molecule has 0 saturated carbocycles. The maximum absolute atomic E-state index is 5.40. The van der Waals surface area contributed by atoms with E-state index in [-0.39, 0.29) is 0 Å². The predicted octanol–water partition coefficient (Wildman–Crippen LogP) is 1.69. The molecule has 0 radical (unpaired) electrons. The molecular weight excluding hydrogens is 232 g/mol. The lowest BCUT2D eigenvalue weighted by Gasteiger charge is -2.34. The minimum Gasteiger partial charge on any atom is -0.324 e. The fourth-order valence-electron chi connectivity index (χ4n) is 2.30. The van der Waals surface area contributed by atoms with E-state index in [4.69, 9.17) is 5.84 Å². The summed E-state index contributed by atoms with van der Waals surface area (Å²) in [5, 5.41) is 1.41. The van der Waals surface area contributed by atoms with Crippen LogP contribution in [0, 0.1) is 0 Å². The molecule has 0 spiro atoms. The van der Waals surface area contributed by atoms with Gasteiger partial charge < -0.3 is 5.43 Å². The smallest absolute Gasteiger partial charge is 0.0564 e. The van der Waals surface area contributed by atoms with Crippen molar-refractivity contribution in [1.82, 2.24) is 9.88 Å². The van der Waals surface area contributed by atoms with E-state index in [0.29, 0.717) is 10.5 Å². The maximum Gasteiger partial charge on any atom is 0.0564 e. The molecule has 2 atom stereocenters. The summed E-state index contributed by atoms with van der Waals surface area (Å²) in [6.07, 6.45) is 1.80. The van der Waals surface area contributed by atoms with Gasteiger partial charge >= 0.3 is 0 Å².